The predicted octanol–water partition coefficient (Wildman–Crippen LogP) is 4.72. The number of nitrogens with one attached hydrogen (secondary N) is 2. The van der Waals surface area contributed by atoms with Gasteiger partial charge in [-0.15, -0.1) is 0 Å². The first-order valence-corrected chi connectivity index (χ1v) is 15.3. The fourth-order valence-electron chi connectivity index (χ4n) is 5.78. The second-order valence-electron chi connectivity index (χ2n) is 12.2. The molecule has 12 nitrogen and oxygen atoms in total. The molecule has 4 bridgehead atoms. The van der Waals surface area contributed by atoms with Crippen LogP contribution in [-0.2, 0) is 0 Å². The third kappa shape index (κ3) is 8.70. The summed E-state index contributed by atoms with van der Waals surface area (Å²) in [6.45, 7) is 9.25. The van der Waals surface area contributed by atoms with E-state index in [0.717, 1.165) is 82.8 Å². The quantitative estimate of drug-likeness (QED) is 0.261. The molecule has 4 aliphatic rings. The number of ketones is 1. The van der Waals surface area contributed by atoms with E-state index in [2.05, 4.69) is 46.1 Å². The van der Waals surface area contributed by atoms with Gasteiger partial charge in [0.1, 0.15) is 11.4 Å². The van der Waals surface area contributed by atoms with Crippen molar-refractivity contribution < 1.29 is 41.0 Å². The van der Waals surface area contributed by atoms with Gasteiger partial charge in [-0.25, -0.2) is 24.7 Å². The highest BCUT2D eigenvalue weighted by molar-refractivity contribution is 5.94. The lowest BCUT2D eigenvalue weighted by Crippen LogP contribution is -2.47. The SMILES string of the molecule is C[C@@H](N)C(F)(F)F.Cc1nc(C(=O)C[C@H](C)C(F)(F)F)nc2c1N1CCC[C@@H](C1)N2.Cc1nc(C(=O)O)nc2c1N1CCC[C@@H](C1)N2. The maximum atomic E-state index is 12.6. The summed E-state index contributed by atoms with van der Waals surface area (Å²) in [4.78, 5) is 44.0. The van der Waals surface area contributed by atoms with Crippen LogP contribution in [0.4, 0.5) is 49.4 Å². The summed E-state index contributed by atoms with van der Waals surface area (Å²) >= 11 is 0. The number of alkyl halides is 6. The zero-order valence-corrected chi connectivity index (χ0v) is 26.5. The average Bonchev–Trinajstić information content (AvgIpc) is 2.96. The number of nitrogens with two attached hydrogens (primary N) is 1. The van der Waals surface area contributed by atoms with Crippen LogP contribution < -0.4 is 26.2 Å². The Hall–Kier alpha value is -3.96. The summed E-state index contributed by atoms with van der Waals surface area (Å²) in [5.74, 6) is -2.48. The molecule has 260 valence electrons. The first kappa shape index (κ1) is 35.9. The molecular formula is C29H39F6N9O3. The van der Waals surface area contributed by atoms with Crippen molar-refractivity contribution in [1.82, 2.24) is 19.9 Å². The molecule has 0 spiro atoms. The fraction of sp³-hybridized carbons (Fsp3) is 0.655. The lowest BCUT2D eigenvalue weighted by Gasteiger charge is -2.41. The molecule has 0 saturated carbocycles. The number of Topliss-reactive ketones (excluding diaryl/α,β-unsaturated/α-hetero) is 1. The van der Waals surface area contributed by atoms with E-state index in [1.165, 1.54) is 0 Å². The van der Waals surface area contributed by atoms with Gasteiger partial charge >= 0.3 is 18.3 Å². The van der Waals surface area contributed by atoms with Gasteiger partial charge in [0, 0.05) is 44.7 Å². The van der Waals surface area contributed by atoms with Gasteiger partial charge in [-0.3, -0.25) is 4.79 Å². The maximum Gasteiger partial charge on any atom is 0.403 e. The molecule has 0 aromatic carbocycles. The Morgan fingerprint density at radius 2 is 1.26 bits per heavy atom. The Morgan fingerprint density at radius 1 is 0.830 bits per heavy atom. The molecule has 2 aromatic heterocycles. The Kier molecular flexibility index (Phi) is 10.7. The van der Waals surface area contributed by atoms with E-state index in [9.17, 15) is 35.9 Å². The van der Waals surface area contributed by atoms with Gasteiger partial charge < -0.3 is 31.3 Å². The van der Waals surface area contributed by atoms with E-state index >= 15 is 0 Å². The highest BCUT2D eigenvalue weighted by atomic mass is 19.4. The Balaban J connectivity index is 0.000000182. The Morgan fingerprint density at radius 3 is 1.66 bits per heavy atom. The Bertz CT molecular complexity index is 1470. The highest BCUT2D eigenvalue weighted by Crippen LogP contribution is 2.37. The van der Waals surface area contributed by atoms with E-state index < -0.39 is 42.5 Å². The van der Waals surface area contributed by atoms with Crippen molar-refractivity contribution in [2.24, 2.45) is 11.7 Å². The van der Waals surface area contributed by atoms with Crippen molar-refractivity contribution in [1.29, 1.82) is 0 Å². The summed E-state index contributed by atoms with van der Waals surface area (Å²) in [6, 6.07) is -1.05. The molecule has 0 amide bonds. The van der Waals surface area contributed by atoms with Gasteiger partial charge in [0.2, 0.25) is 11.6 Å². The van der Waals surface area contributed by atoms with Gasteiger partial charge in [-0.2, -0.15) is 26.3 Å². The van der Waals surface area contributed by atoms with Crippen LogP contribution in [0, 0.1) is 19.8 Å². The normalized spacial score (nSPS) is 20.8. The molecule has 2 saturated heterocycles. The molecule has 0 radical (unpaired) electrons. The zero-order valence-electron chi connectivity index (χ0n) is 26.5. The largest absolute Gasteiger partial charge is 0.475 e. The fourth-order valence-corrected chi connectivity index (χ4v) is 5.78. The number of aromatic nitrogens is 4. The lowest BCUT2D eigenvalue weighted by molar-refractivity contribution is -0.168. The smallest absolute Gasteiger partial charge is 0.403 e. The molecular weight excluding hydrogens is 636 g/mol. The predicted molar refractivity (Wildman–Crippen MR) is 162 cm³/mol. The van der Waals surface area contributed by atoms with E-state index in [4.69, 9.17) is 5.11 Å². The molecule has 18 heteroatoms. The van der Waals surface area contributed by atoms with Crippen molar-refractivity contribution in [3.8, 4) is 0 Å². The number of aryl methyl sites for hydroxylation is 2. The molecule has 2 fully saturated rings. The van der Waals surface area contributed by atoms with Crippen LogP contribution in [0.1, 0.15) is 78.6 Å². The van der Waals surface area contributed by atoms with Crippen molar-refractivity contribution in [3.05, 3.63) is 23.0 Å². The molecule has 6 rings (SSSR count). The third-order valence-electron chi connectivity index (χ3n) is 8.28. The number of rotatable bonds is 4. The molecule has 4 atom stereocenters. The van der Waals surface area contributed by atoms with E-state index in [0.29, 0.717) is 23.4 Å². The zero-order chi connectivity index (χ0) is 34.8. The molecule has 0 aliphatic carbocycles. The number of carboxylic acid groups (broad SMARTS) is 1. The van der Waals surface area contributed by atoms with Crippen LogP contribution in [0.5, 0.6) is 0 Å². The number of hydrogen-bond acceptors (Lipinski definition) is 11. The number of nitrogens with zero attached hydrogens (tertiary/aromatic N) is 6. The van der Waals surface area contributed by atoms with Gasteiger partial charge in [0.15, 0.2) is 17.5 Å². The van der Waals surface area contributed by atoms with Gasteiger partial charge in [0.25, 0.3) is 0 Å². The second kappa shape index (κ2) is 14.0. The number of carboxylic acids is 1. The first-order chi connectivity index (χ1) is 21.8. The van der Waals surface area contributed by atoms with Crippen LogP contribution >= 0.6 is 0 Å². The van der Waals surface area contributed by atoms with Gasteiger partial charge in [-0.05, 0) is 46.5 Å². The van der Waals surface area contributed by atoms with Crippen LogP contribution in [-0.4, -0.2) is 93.5 Å². The van der Waals surface area contributed by atoms with Crippen LogP contribution in [0.25, 0.3) is 0 Å². The summed E-state index contributed by atoms with van der Waals surface area (Å²) in [7, 11) is 0. The number of hydrogen-bond donors (Lipinski definition) is 4. The van der Waals surface area contributed by atoms with Crippen LogP contribution in [0.2, 0.25) is 0 Å². The minimum absolute atomic E-state index is 0.130. The van der Waals surface area contributed by atoms with E-state index in [-0.39, 0.29) is 17.7 Å². The summed E-state index contributed by atoms with van der Waals surface area (Å²) < 4.78 is 71.0. The number of aromatic carboxylic acids is 1. The molecule has 47 heavy (non-hydrogen) atoms. The topological polar surface area (TPSA) is 162 Å². The third-order valence-corrected chi connectivity index (χ3v) is 8.28. The van der Waals surface area contributed by atoms with E-state index in [1.54, 1.807) is 6.92 Å². The number of anilines is 4. The lowest BCUT2D eigenvalue weighted by atomic mass is 10.0. The van der Waals surface area contributed by atoms with Crippen molar-refractivity contribution in [2.45, 2.75) is 90.3 Å². The van der Waals surface area contributed by atoms with Gasteiger partial charge in [0.05, 0.1) is 23.3 Å². The van der Waals surface area contributed by atoms with Crippen LogP contribution in [0.15, 0.2) is 0 Å². The molecule has 2 aromatic rings. The number of piperidine rings is 2. The maximum absolute atomic E-state index is 12.6. The number of fused-ring (bicyclic) bond motifs is 8. The highest BCUT2D eigenvalue weighted by Gasteiger charge is 2.38. The summed E-state index contributed by atoms with van der Waals surface area (Å²) in [5.41, 5.74) is 7.64. The average molecular weight is 676 g/mol. The van der Waals surface area contributed by atoms with Crippen molar-refractivity contribution >= 4 is 34.8 Å². The number of halogens is 6. The monoisotopic (exact) mass is 675 g/mol. The van der Waals surface area contributed by atoms with Crippen molar-refractivity contribution in [2.75, 3.05) is 46.6 Å². The second-order valence-corrected chi connectivity index (χ2v) is 12.2. The Labute approximate surface area is 267 Å². The summed E-state index contributed by atoms with van der Waals surface area (Å²) in [5, 5.41) is 15.5. The minimum atomic E-state index is -4.39. The summed E-state index contributed by atoms with van der Waals surface area (Å²) in [6.07, 6.45) is -4.89. The minimum Gasteiger partial charge on any atom is -0.475 e. The van der Waals surface area contributed by atoms with Crippen molar-refractivity contribution in [3.63, 3.8) is 0 Å². The number of carbonyl (C=O) groups excluding carboxylic acids is 1. The molecule has 5 N–H and O–H groups in total. The van der Waals surface area contributed by atoms with Gasteiger partial charge in [-0.1, -0.05) is 6.92 Å². The molecule has 4 aliphatic heterocycles. The van der Waals surface area contributed by atoms with E-state index in [1.807, 2.05) is 6.92 Å². The molecule has 6 heterocycles. The number of carbonyl (C=O) groups is 2. The van der Waals surface area contributed by atoms with Crippen LogP contribution in [0.3, 0.4) is 0 Å². The first-order valence-electron chi connectivity index (χ1n) is 15.3. The molecule has 0 unspecified atom stereocenters. The standard InChI is InChI=1S/C15H19F3N4O.C11H14N4O2.C3H6F3N/c1-8(15(16,17)18)6-11(23)13-19-9(2)12-14(21-13)20-10-4-3-5-22(12)7-10;1-6-8-9(14-10(12-6)11(16)17)13-7-3-2-4-15(8)5-7;1-2(7)3(4,5)6/h8,10H,3-7H2,1-2H3,(H,19,20,21);7H,2-5H2,1H3,(H,16,17)(H,12,13,14);2H,7H2,1H3/t8-,10-;7-;2-/m001/s1.